The van der Waals surface area contributed by atoms with Gasteiger partial charge in [0.25, 0.3) is 0 Å². The number of aliphatic carboxylic acids is 1. The van der Waals surface area contributed by atoms with Crippen LogP contribution in [0.4, 0.5) is 4.39 Å². The number of hydrogen-bond donors (Lipinski definition) is 1. The second-order valence-electron chi connectivity index (χ2n) is 6.28. The Labute approximate surface area is 140 Å². The number of carbonyl (C=O) groups is 1. The lowest BCUT2D eigenvalue weighted by atomic mass is 9.69. The fourth-order valence-corrected chi connectivity index (χ4v) is 5.78. The van der Waals surface area contributed by atoms with Crippen molar-refractivity contribution >= 4 is 25.6 Å². The second kappa shape index (κ2) is 6.11. The van der Waals surface area contributed by atoms with Crippen molar-refractivity contribution in [3.05, 3.63) is 23.5 Å². The van der Waals surface area contributed by atoms with Crippen molar-refractivity contribution in [1.29, 1.82) is 0 Å². The Morgan fingerprint density at radius 3 is 2.00 bits per heavy atom. The average Bonchev–Trinajstić information content (AvgIpc) is 2.44. The highest BCUT2D eigenvalue weighted by Gasteiger charge is 2.43. The molecule has 24 heavy (non-hydrogen) atoms. The molecule has 0 bridgehead atoms. The zero-order valence-corrected chi connectivity index (χ0v) is 15.0. The summed E-state index contributed by atoms with van der Waals surface area (Å²) in [6, 6.07) is 1.86. The molecule has 2 rings (SSSR count). The van der Waals surface area contributed by atoms with Gasteiger partial charge in [0, 0.05) is 12.5 Å². The maximum absolute atomic E-state index is 14.5. The fourth-order valence-electron chi connectivity index (χ4n) is 3.26. The molecule has 0 saturated heterocycles. The standard InChI is InChI=1S/C15H19FO6S2/c1-23(19,20)12-9-10(8-11(16)13(12)24(2,21)22)15(14(17)18)6-4-3-5-7-15/h8-9H,3-7H2,1-2H3,(H,17,18). The van der Waals surface area contributed by atoms with Crippen LogP contribution in [0, 0.1) is 5.82 Å². The van der Waals surface area contributed by atoms with Crippen LogP contribution in [0.3, 0.4) is 0 Å². The van der Waals surface area contributed by atoms with Gasteiger partial charge in [-0.05, 0) is 30.5 Å². The Balaban J connectivity index is 2.84. The van der Waals surface area contributed by atoms with E-state index in [4.69, 9.17) is 0 Å². The SMILES string of the molecule is CS(=O)(=O)c1cc(C2(C(=O)O)CCCCC2)cc(F)c1S(C)(=O)=O. The molecule has 1 aliphatic rings. The molecular weight excluding hydrogens is 359 g/mol. The molecule has 1 aromatic carbocycles. The van der Waals surface area contributed by atoms with E-state index < -0.39 is 46.7 Å². The monoisotopic (exact) mass is 378 g/mol. The summed E-state index contributed by atoms with van der Waals surface area (Å²) in [5, 5.41) is 9.67. The van der Waals surface area contributed by atoms with Crippen LogP contribution in [-0.4, -0.2) is 40.4 Å². The summed E-state index contributed by atoms with van der Waals surface area (Å²) in [6.07, 6.45) is 4.08. The van der Waals surface area contributed by atoms with Crippen LogP contribution >= 0.6 is 0 Å². The normalized spacial score (nSPS) is 18.3. The van der Waals surface area contributed by atoms with Gasteiger partial charge in [0.05, 0.1) is 10.3 Å². The van der Waals surface area contributed by atoms with Crippen LogP contribution in [0.25, 0.3) is 0 Å². The van der Waals surface area contributed by atoms with Crippen LogP contribution < -0.4 is 0 Å². The molecule has 0 atom stereocenters. The van der Waals surface area contributed by atoms with Gasteiger partial charge in [-0.15, -0.1) is 0 Å². The number of halogens is 1. The lowest BCUT2D eigenvalue weighted by Gasteiger charge is -2.34. The van der Waals surface area contributed by atoms with Gasteiger partial charge < -0.3 is 5.11 Å². The van der Waals surface area contributed by atoms with Gasteiger partial charge in [0.1, 0.15) is 10.7 Å². The first kappa shape index (κ1) is 18.9. The number of benzene rings is 1. The Hall–Kier alpha value is -1.48. The molecule has 0 unspecified atom stereocenters. The van der Waals surface area contributed by atoms with Crippen LogP contribution in [0.2, 0.25) is 0 Å². The van der Waals surface area contributed by atoms with E-state index in [1.807, 2.05) is 0 Å². The van der Waals surface area contributed by atoms with Crippen LogP contribution in [0.5, 0.6) is 0 Å². The number of carboxylic acid groups (broad SMARTS) is 1. The van der Waals surface area contributed by atoms with E-state index in [0.29, 0.717) is 19.1 Å². The smallest absolute Gasteiger partial charge is 0.314 e. The van der Waals surface area contributed by atoms with Crippen LogP contribution in [-0.2, 0) is 29.9 Å². The number of sulfone groups is 2. The summed E-state index contributed by atoms with van der Waals surface area (Å²) in [4.78, 5) is 10.2. The Morgan fingerprint density at radius 2 is 1.58 bits per heavy atom. The molecule has 1 aliphatic carbocycles. The minimum atomic E-state index is -4.14. The minimum Gasteiger partial charge on any atom is -0.481 e. The zero-order chi connectivity index (χ0) is 18.3. The van der Waals surface area contributed by atoms with E-state index in [1.54, 1.807) is 0 Å². The highest BCUT2D eigenvalue weighted by atomic mass is 32.2. The third-order valence-corrected chi connectivity index (χ3v) is 6.86. The largest absolute Gasteiger partial charge is 0.481 e. The van der Waals surface area contributed by atoms with E-state index >= 15 is 0 Å². The molecular formula is C15H19FO6S2. The number of carboxylic acids is 1. The maximum atomic E-state index is 14.5. The van der Waals surface area contributed by atoms with Crippen molar-refractivity contribution in [1.82, 2.24) is 0 Å². The summed E-state index contributed by atoms with van der Waals surface area (Å²) >= 11 is 0. The third kappa shape index (κ3) is 3.32. The molecule has 1 aromatic rings. The quantitative estimate of drug-likeness (QED) is 0.858. The Morgan fingerprint density at radius 1 is 1.04 bits per heavy atom. The number of rotatable bonds is 4. The molecule has 0 aliphatic heterocycles. The Kier molecular flexibility index (Phi) is 4.80. The van der Waals surface area contributed by atoms with E-state index in [-0.39, 0.29) is 18.4 Å². The molecule has 0 aromatic heterocycles. The molecule has 1 fully saturated rings. The molecule has 0 spiro atoms. The van der Waals surface area contributed by atoms with E-state index in [2.05, 4.69) is 0 Å². The topological polar surface area (TPSA) is 106 Å². The predicted octanol–water partition coefficient (Wildman–Crippen LogP) is 1.92. The summed E-state index contributed by atoms with van der Waals surface area (Å²) in [6.45, 7) is 0. The lowest BCUT2D eigenvalue weighted by molar-refractivity contribution is -0.145. The summed E-state index contributed by atoms with van der Waals surface area (Å²) in [5.74, 6) is -2.39. The highest BCUT2D eigenvalue weighted by molar-refractivity contribution is 7.93. The first-order chi connectivity index (χ1) is 10.9. The first-order valence-corrected chi connectivity index (χ1v) is 11.2. The maximum Gasteiger partial charge on any atom is 0.314 e. The van der Waals surface area contributed by atoms with E-state index in [1.165, 1.54) is 0 Å². The zero-order valence-electron chi connectivity index (χ0n) is 13.4. The van der Waals surface area contributed by atoms with E-state index in [9.17, 15) is 31.1 Å². The lowest BCUT2D eigenvalue weighted by Crippen LogP contribution is -2.38. The molecule has 0 radical (unpaired) electrons. The first-order valence-electron chi connectivity index (χ1n) is 7.37. The summed E-state index contributed by atoms with van der Waals surface area (Å²) in [5.41, 5.74) is -1.39. The molecule has 6 nitrogen and oxygen atoms in total. The molecule has 134 valence electrons. The predicted molar refractivity (Wildman–Crippen MR) is 85.0 cm³/mol. The molecule has 9 heteroatoms. The van der Waals surface area contributed by atoms with Gasteiger partial charge in [-0.1, -0.05) is 19.3 Å². The van der Waals surface area contributed by atoms with Crippen molar-refractivity contribution < 1.29 is 31.1 Å². The van der Waals surface area contributed by atoms with E-state index in [0.717, 1.165) is 24.8 Å². The van der Waals surface area contributed by atoms with Gasteiger partial charge in [-0.25, -0.2) is 21.2 Å². The molecule has 1 saturated carbocycles. The summed E-state index contributed by atoms with van der Waals surface area (Å²) in [7, 11) is -8.20. The van der Waals surface area contributed by atoms with Crippen LogP contribution in [0.1, 0.15) is 37.7 Å². The van der Waals surface area contributed by atoms with Gasteiger partial charge in [-0.2, -0.15) is 0 Å². The van der Waals surface area contributed by atoms with Crippen molar-refractivity contribution in [3.8, 4) is 0 Å². The van der Waals surface area contributed by atoms with Crippen LogP contribution in [0.15, 0.2) is 21.9 Å². The van der Waals surface area contributed by atoms with Gasteiger partial charge >= 0.3 is 5.97 Å². The third-order valence-electron chi connectivity index (χ3n) is 4.45. The van der Waals surface area contributed by atoms with Crippen molar-refractivity contribution in [2.75, 3.05) is 12.5 Å². The van der Waals surface area contributed by atoms with Crippen molar-refractivity contribution in [2.45, 2.75) is 47.3 Å². The summed E-state index contributed by atoms with van der Waals surface area (Å²) < 4.78 is 62.1. The fraction of sp³-hybridized carbons (Fsp3) is 0.533. The van der Waals surface area contributed by atoms with Crippen molar-refractivity contribution in [3.63, 3.8) is 0 Å². The van der Waals surface area contributed by atoms with Gasteiger partial charge in [-0.3, -0.25) is 4.79 Å². The van der Waals surface area contributed by atoms with Gasteiger partial charge in [0.15, 0.2) is 19.7 Å². The highest BCUT2D eigenvalue weighted by Crippen LogP contribution is 2.42. The molecule has 1 N–H and O–H groups in total. The molecule has 0 heterocycles. The Bertz CT molecular complexity index is 881. The number of hydrogen-bond acceptors (Lipinski definition) is 5. The second-order valence-corrected chi connectivity index (χ2v) is 10.2. The minimum absolute atomic E-state index is 0.0000231. The average molecular weight is 378 g/mol. The van der Waals surface area contributed by atoms with Crippen molar-refractivity contribution in [2.24, 2.45) is 0 Å². The van der Waals surface area contributed by atoms with Gasteiger partial charge in [0.2, 0.25) is 0 Å². The molecule has 0 amide bonds.